The first-order valence-electron chi connectivity index (χ1n) is 7.35. The first kappa shape index (κ1) is 14.5. The second-order valence-electron chi connectivity index (χ2n) is 5.53. The van der Waals surface area contributed by atoms with Gasteiger partial charge in [-0.25, -0.2) is 0 Å². The van der Waals surface area contributed by atoms with E-state index in [9.17, 15) is 9.59 Å². The molecule has 1 saturated heterocycles. The van der Waals surface area contributed by atoms with Crippen molar-refractivity contribution in [3.8, 4) is 6.07 Å². The van der Waals surface area contributed by atoms with Gasteiger partial charge in [0.25, 0.3) is 11.8 Å². The standard InChI is InChI=1S/C17H16N2O3/c18-10-13-3-1-2-4-14(13)15-9-16(20)19(17(15)21)11-12-5-7-22-8-6-12/h1-4,9,12H,5-8,11H2. The third-order valence-corrected chi connectivity index (χ3v) is 4.13. The first-order chi connectivity index (χ1) is 10.7. The Morgan fingerprint density at radius 3 is 2.68 bits per heavy atom. The number of carbonyl (C=O) groups is 2. The highest BCUT2D eigenvalue weighted by Gasteiger charge is 2.34. The van der Waals surface area contributed by atoms with E-state index in [1.54, 1.807) is 24.3 Å². The van der Waals surface area contributed by atoms with Gasteiger partial charge < -0.3 is 4.74 Å². The van der Waals surface area contributed by atoms with Gasteiger partial charge in [0.1, 0.15) is 0 Å². The van der Waals surface area contributed by atoms with Gasteiger partial charge in [0.2, 0.25) is 0 Å². The molecule has 3 rings (SSSR count). The van der Waals surface area contributed by atoms with E-state index in [0.717, 1.165) is 12.8 Å². The fourth-order valence-electron chi connectivity index (χ4n) is 2.88. The van der Waals surface area contributed by atoms with Crippen molar-refractivity contribution in [3.05, 3.63) is 41.5 Å². The predicted molar refractivity (Wildman–Crippen MR) is 79.4 cm³/mol. The summed E-state index contributed by atoms with van der Waals surface area (Å²) in [7, 11) is 0. The van der Waals surface area contributed by atoms with Gasteiger partial charge in [-0.3, -0.25) is 14.5 Å². The molecule has 0 bridgehead atoms. The molecular weight excluding hydrogens is 280 g/mol. The maximum absolute atomic E-state index is 12.6. The van der Waals surface area contributed by atoms with Crippen molar-refractivity contribution in [1.29, 1.82) is 5.26 Å². The zero-order valence-electron chi connectivity index (χ0n) is 12.1. The van der Waals surface area contributed by atoms with Gasteiger partial charge in [0.15, 0.2) is 0 Å². The molecule has 1 fully saturated rings. The summed E-state index contributed by atoms with van der Waals surface area (Å²) in [6.07, 6.45) is 3.07. The summed E-state index contributed by atoms with van der Waals surface area (Å²) < 4.78 is 5.30. The highest BCUT2D eigenvalue weighted by molar-refractivity contribution is 6.33. The molecule has 0 spiro atoms. The second kappa shape index (κ2) is 6.12. The van der Waals surface area contributed by atoms with Gasteiger partial charge >= 0.3 is 0 Å². The van der Waals surface area contributed by atoms with E-state index in [4.69, 9.17) is 10.00 Å². The highest BCUT2D eigenvalue weighted by Crippen LogP contribution is 2.28. The third-order valence-electron chi connectivity index (χ3n) is 4.13. The van der Waals surface area contributed by atoms with E-state index in [2.05, 4.69) is 6.07 Å². The molecule has 0 radical (unpaired) electrons. The topological polar surface area (TPSA) is 70.4 Å². The molecule has 5 nitrogen and oxygen atoms in total. The fourth-order valence-corrected chi connectivity index (χ4v) is 2.88. The fraction of sp³-hybridized carbons (Fsp3) is 0.353. The van der Waals surface area contributed by atoms with Crippen LogP contribution in [0.15, 0.2) is 30.3 Å². The molecule has 2 aliphatic heterocycles. The monoisotopic (exact) mass is 296 g/mol. The molecule has 1 aromatic rings. The molecule has 0 atom stereocenters. The second-order valence-corrected chi connectivity index (χ2v) is 5.53. The number of carbonyl (C=O) groups excluding carboxylic acids is 2. The zero-order valence-corrected chi connectivity index (χ0v) is 12.1. The van der Waals surface area contributed by atoms with Crippen LogP contribution >= 0.6 is 0 Å². The van der Waals surface area contributed by atoms with Crippen LogP contribution in [-0.4, -0.2) is 36.5 Å². The lowest BCUT2D eigenvalue weighted by atomic mass is 9.99. The van der Waals surface area contributed by atoms with E-state index >= 15 is 0 Å². The maximum Gasteiger partial charge on any atom is 0.261 e. The van der Waals surface area contributed by atoms with Crippen molar-refractivity contribution in [1.82, 2.24) is 4.90 Å². The van der Waals surface area contributed by atoms with E-state index in [1.165, 1.54) is 11.0 Å². The molecule has 22 heavy (non-hydrogen) atoms. The molecule has 0 unspecified atom stereocenters. The van der Waals surface area contributed by atoms with Crippen LogP contribution in [0.2, 0.25) is 0 Å². The van der Waals surface area contributed by atoms with Crippen LogP contribution in [0.5, 0.6) is 0 Å². The number of amides is 2. The largest absolute Gasteiger partial charge is 0.381 e. The molecule has 0 aliphatic carbocycles. The lowest BCUT2D eigenvalue weighted by Crippen LogP contribution is -2.37. The van der Waals surface area contributed by atoms with Crippen molar-refractivity contribution >= 4 is 17.4 Å². The molecule has 2 aliphatic rings. The molecule has 0 saturated carbocycles. The summed E-state index contributed by atoms with van der Waals surface area (Å²) in [6, 6.07) is 8.91. The number of hydrogen-bond donors (Lipinski definition) is 0. The first-order valence-corrected chi connectivity index (χ1v) is 7.35. The van der Waals surface area contributed by atoms with Gasteiger partial charge in [-0.15, -0.1) is 0 Å². The molecule has 0 N–H and O–H groups in total. The molecule has 0 aromatic heterocycles. The maximum atomic E-state index is 12.6. The summed E-state index contributed by atoms with van der Waals surface area (Å²) in [4.78, 5) is 26.0. The summed E-state index contributed by atoms with van der Waals surface area (Å²) in [5, 5.41) is 9.16. The number of nitriles is 1. The predicted octanol–water partition coefficient (Wildman–Crippen LogP) is 1.74. The van der Waals surface area contributed by atoms with Gasteiger partial charge in [0, 0.05) is 31.4 Å². The van der Waals surface area contributed by atoms with Gasteiger partial charge in [-0.05, 0) is 24.8 Å². The molecule has 2 heterocycles. The van der Waals surface area contributed by atoms with Crippen molar-refractivity contribution in [2.45, 2.75) is 12.8 Å². The van der Waals surface area contributed by atoms with Crippen LogP contribution < -0.4 is 0 Å². The van der Waals surface area contributed by atoms with Crippen molar-refractivity contribution < 1.29 is 14.3 Å². The van der Waals surface area contributed by atoms with E-state index in [-0.39, 0.29) is 11.8 Å². The van der Waals surface area contributed by atoms with E-state index in [1.807, 2.05) is 0 Å². The number of rotatable bonds is 3. The summed E-state index contributed by atoms with van der Waals surface area (Å²) in [5.74, 6) is -0.306. The molecule has 5 heteroatoms. The smallest absolute Gasteiger partial charge is 0.261 e. The number of imide groups is 1. The molecular formula is C17H16N2O3. The Labute approximate surface area is 128 Å². The molecule has 2 amide bonds. The van der Waals surface area contributed by atoms with Gasteiger partial charge in [-0.2, -0.15) is 5.26 Å². The number of hydrogen-bond acceptors (Lipinski definition) is 4. The van der Waals surface area contributed by atoms with Crippen LogP contribution in [0.3, 0.4) is 0 Å². The Balaban J connectivity index is 1.81. The number of ether oxygens (including phenoxy) is 1. The number of nitrogens with zero attached hydrogens (tertiary/aromatic N) is 2. The Bertz CT molecular complexity index is 681. The van der Waals surface area contributed by atoms with Gasteiger partial charge in [-0.1, -0.05) is 18.2 Å². The summed E-state index contributed by atoms with van der Waals surface area (Å²) in [6.45, 7) is 1.78. The Morgan fingerprint density at radius 2 is 1.95 bits per heavy atom. The summed E-state index contributed by atoms with van der Waals surface area (Å²) >= 11 is 0. The number of benzene rings is 1. The zero-order chi connectivity index (χ0) is 15.5. The van der Waals surface area contributed by atoms with Crippen LogP contribution in [0.25, 0.3) is 5.57 Å². The highest BCUT2D eigenvalue weighted by atomic mass is 16.5. The molecule has 112 valence electrons. The average Bonchev–Trinajstić information content (AvgIpc) is 2.84. The Morgan fingerprint density at radius 1 is 1.23 bits per heavy atom. The van der Waals surface area contributed by atoms with E-state index in [0.29, 0.717) is 42.4 Å². The average molecular weight is 296 g/mol. The van der Waals surface area contributed by atoms with Crippen LogP contribution in [0, 0.1) is 17.2 Å². The van der Waals surface area contributed by atoms with Crippen LogP contribution in [0.1, 0.15) is 24.0 Å². The van der Waals surface area contributed by atoms with Crippen molar-refractivity contribution in [3.63, 3.8) is 0 Å². The van der Waals surface area contributed by atoms with E-state index < -0.39 is 0 Å². The SMILES string of the molecule is N#Cc1ccccc1C1=CC(=O)N(CC2CCOCC2)C1=O. The Kier molecular flexibility index (Phi) is 4.03. The minimum Gasteiger partial charge on any atom is -0.381 e. The quantitative estimate of drug-likeness (QED) is 0.797. The van der Waals surface area contributed by atoms with Crippen LogP contribution in [-0.2, 0) is 14.3 Å². The lowest BCUT2D eigenvalue weighted by Gasteiger charge is -2.26. The van der Waals surface area contributed by atoms with Gasteiger partial charge in [0.05, 0.1) is 17.2 Å². The summed E-state index contributed by atoms with van der Waals surface area (Å²) in [5.41, 5.74) is 1.25. The minimum absolute atomic E-state index is 0.292. The minimum atomic E-state index is -0.306. The lowest BCUT2D eigenvalue weighted by molar-refractivity contribution is -0.137. The van der Waals surface area contributed by atoms with Crippen molar-refractivity contribution in [2.24, 2.45) is 5.92 Å². The molecule has 1 aromatic carbocycles. The Hall–Kier alpha value is -2.45. The normalized spacial score (nSPS) is 19.2. The third kappa shape index (κ3) is 2.66. The van der Waals surface area contributed by atoms with Crippen molar-refractivity contribution in [2.75, 3.05) is 19.8 Å². The van der Waals surface area contributed by atoms with Crippen LogP contribution in [0.4, 0.5) is 0 Å².